The van der Waals surface area contributed by atoms with Gasteiger partial charge in [-0.05, 0) is 33.0 Å². The molecule has 0 N–H and O–H groups in total. The van der Waals surface area contributed by atoms with Crippen LogP contribution in [0.5, 0.6) is 5.75 Å². The fraction of sp³-hybridized carbons (Fsp3) is 0.538. The predicted molar refractivity (Wildman–Crippen MR) is 64.5 cm³/mol. The molecular formula is C13H21NO. The molecule has 2 heteroatoms. The zero-order chi connectivity index (χ0) is 11.4. The van der Waals surface area contributed by atoms with Crippen molar-refractivity contribution in [1.29, 1.82) is 0 Å². The van der Waals surface area contributed by atoms with Crippen molar-refractivity contribution in [1.82, 2.24) is 4.90 Å². The van der Waals surface area contributed by atoms with E-state index in [1.165, 1.54) is 16.7 Å². The Balaban J connectivity index is 3.03. The van der Waals surface area contributed by atoms with E-state index in [0.29, 0.717) is 0 Å². The average Bonchev–Trinajstić information content (AvgIpc) is 2.17. The molecule has 0 amide bonds. The van der Waals surface area contributed by atoms with Crippen LogP contribution in [-0.4, -0.2) is 25.6 Å². The number of hydrogen-bond donors (Lipinski definition) is 0. The summed E-state index contributed by atoms with van der Waals surface area (Å²) < 4.78 is 5.45. The van der Waals surface area contributed by atoms with Crippen molar-refractivity contribution in [2.75, 3.05) is 20.7 Å². The predicted octanol–water partition coefficient (Wildman–Crippen LogP) is 2.76. The lowest BCUT2D eigenvalue weighted by Gasteiger charge is -2.18. The number of nitrogens with zero attached hydrogens (tertiary/aromatic N) is 1. The van der Waals surface area contributed by atoms with E-state index in [0.717, 1.165) is 18.8 Å². The van der Waals surface area contributed by atoms with Gasteiger partial charge >= 0.3 is 0 Å². The number of benzene rings is 1. The maximum absolute atomic E-state index is 5.45. The molecule has 0 spiro atoms. The minimum atomic E-state index is 0.947. The van der Waals surface area contributed by atoms with E-state index in [2.05, 4.69) is 44.9 Å². The van der Waals surface area contributed by atoms with Gasteiger partial charge in [0.1, 0.15) is 5.75 Å². The SMILES string of the molecule is CCN(C)Cc1cc(C)cc(C)c1OC. The summed E-state index contributed by atoms with van der Waals surface area (Å²) in [6.45, 7) is 8.39. The van der Waals surface area contributed by atoms with Gasteiger partial charge in [-0.15, -0.1) is 0 Å². The maximum atomic E-state index is 5.45. The number of hydrogen-bond acceptors (Lipinski definition) is 2. The molecule has 0 aromatic heterocycles. The second-order valence-corrected chi connectivity index (χ2v) is 4.10. The van der Waals surface area contributed by atoms with Gasteiger partial charge < -0.3 is 9.64 Å². The van der Waals surface area contributed by atoms with Gasteiger partial charge in [0.25, 0.3) is 0 Å². The molecule has 2 nitrogen and oxygen atoms in total. The summed E-state index contributed by atoms with van der Waals surface area (Å²) in [7, 11) is 3.87. The molecule has 0 saturated heterocycles. The van der Waals surface area contributed by atoms with Crippen LogP contribution < -0.4 is 4.74 Å². The maximum Gasteiger partial charge on any atom is 0.126 e. The van der Waals surface area contributed by atoms with Crippen LogP contribution in [0.4, 0.5) is 0 Å². The molecule has 0 saturated carbocycles. The molecule has 0 unspecified atom stereocenters. The standard InChI is InChI=1S/C13H21NO/c1-6-14(4)9-12-8-10(2)7-11(3)13(12)15-5/h7-8H,6,9H2,1-5H3. The van der Waals surface area contributed by atoms with Crippen molar-refractivity contribution in [2.45, 2.75) is 27.3 Å². The number of aryl methyl sites for hydroxylation is 2. The molecule has 84 valence electrons. The summed E-state index contributed by atoms with van der Waals surface area (Å²) in [5.74, 6) is 1.03. The van der Waals surface area contributed by atoms with E-state index >= 15 is 0 Å². The van der Waals surface area contributed by atoms with Crippen molar-refractivity contribution in [3.8, 4) is 5.75 Å². The van der Waals surface area contributed by atoms with E-state index < -0.39 is 0 Å². The van der Waals surface area contributed by atoms with E-state index in [1.54, 1.807) is 7.11 Å². The lowest BCUT2D eigenvalue weighted by atomic mass is 10.1. The van der Waals surface area contributed by atoms with Crippen LogP contribution in [-0.2, 0) is 6.54 Å². The molecule has 0 atom stereocenters. The summed E-state index contributed by atoms with van der Waals surface area (Å²) in [6.07, 6.45) is 0. The second-order valence-electron chi connectivity index (χ2n) is 4.10. The molecule has 1 aromatic rings. The molecule has 1 aromatic carbocycles. The Morgan fingerprint density at radius 2 is 1.93 bits per heavy atom. The third-order valence-corrected chi connectivity index (χ3v) is 2.68. The van der Waals surface area contributed by atoms with Gasteiger partial charge in [0.05, 0.1) is 7.11 Å². The van der Waals surface area contributed by atoms with Crippen LogP contribution in [0.15, 0.2) is 12.1 Å². The molecule has 0 radical (unpaired) electrons. The minimum absolute atomic E-state index is 0.947. The quantitative estimate of drug-likeness (QED) is 0.752. The molecular weight excluding hydrogens is 186 g/mol. The Labute approximate surface area is 92.9 Å². The number of methoxy groups -OCH3 is 1. The van der Waals surface area contributed by atoms with Crippen molar-refractivity contribution >= 4 is 0 Å². The Hall–Kier alpha value is -1.02. The first-order valence-corrected chi connectivity index (χ1v) is 5.41. The molecule has 0 heterocycles. The third-order valence-electron chi connectivity index (χ3n) is 2.68. The molecule has 0 aliphatic carbocycles. The first-order chi connectivity index (χ1) is 7.08. The summed E-state index contributed by atoms with van der Waals surface area (Å²) in [5.41, 5.74) is 3.80. The van der Waals surface area contributed by atoms with Crippen LogP contribution in [0.1, 0.15) is 23.6 Å². The van der Waals surface area contributed by atoms with Gasteiger partial charge in [0.15, 0.2) is 0 Å². The van der Waals surface area contributed by atoms with Gasteiger partial charge in [-0.1, -0.05) is 24.6 Å². The summed E-state index contributed by atoms with van der Waals surface area (Å²) in [6, 6.07) is 4.37. The number of ether oxygens (including phenoxy) is 1. The number of rotatable bonds is 4. The Morgan fingerprint density at radius 1 is 1.27 bits per heavy atom. The first kappa shape index (κ1) is 12.1. The van der Waals surface area contributed by atoms with Crippen LogP contribution >= 0.6 is 0 Å². The fourth-order valence-corrected chi connectivity index (χ4v) is 1.85. The minimum Gasteiger partial charge on any atom is -0.496 e. The highest BCUT2D eigenvalue weighted by Gasteiger charge is 2.08. The third kappa shape index (κ3) is 2.96. The van der Waals surface area contributed by atoms with Crippen molar-refractivity contribution in [3.63, 3.8) is 0 Å². The Kier molecular flexibility index (Phi) is 4.15. The largest absolute Gasteiger partial charge is 0.496 e. The van der Waals surface area contributed by atoms with Crippen LogP contribution in [0.3, 0.4) is 0 Å². The van der Waals surface area contributed by atoms with Gasteiger partial charge in [-0.2, -0.15) is 0 Å². The van der Waals surface area contributed by atoms with Gasteiger partial charge in [-0.25, -0.2) is 0 Å². The van der Waals surface area contributed by atoms with Gasteiger partial charge in [-0.3, -0.25) is 0 Å². The molecule has 1 rings (SSSR count). The smallest absolute Gasteiger partial charge is 0.126 e. The molecule has 15 heavy (non-hydrogen) atoms. The second kappa shape index (κ2) is 5.17. The lowest BCUT2D eigenvalue weighted by Crippen LogP contribution is -2.17. The van der Waals surface area contributed by atoms with Crippen molar-refractivity contribution in [2.24, 2.45) is 0 Å². The van der Waals surface area contributed by atoms with E-state index in [-0.39, 0.29) is 0 Å². The molecule has 0 bridgehead atoms. The summed E-state index contributed by atoms with van der Waals surface area (Å²) in [4.78, 5) is 2.27. The van der Waals surface area contributed by atoms with E-state index in [9.17, 15) is 0 Å². The zero-order valence-corrected chi connectivity index (χ0v) is 10.4. The average molecular weight is 207 g/mol. The topological polar surface area (TPSA) is 12.5 Å². The van der Waals surface area contributed by atoms with Crippen molar-refractivity contribution in [3.05, 3.63) is 28.8 Å². The van der Waals surface area contributed by atoms with Crippen LogP contribution in [0, 0.1) is 13.8 Å². The monoisotopic (exact) mass is 207 g/mol. The van der Waals surface area contributed by atoms with Gasteiger partial charge in [0.2, 0.25) is 0 Å². The zero-order valence-electron chi connectivity index (χ0n) is 10.4. The molecule has 0 aliphatic rings. The van der Waals surface area contributed by atoms with Gasteiger partial charge in [0, 0.05) is 12.1 Å². The lowest BCUT2D eigenvalue weighted by molar-refractivity contribution is 0.332. The Bertz CT molecular complexity index is 334. The van der Waals surface area contributed by atoms with E-state index in [1.807, 2.05) is 0 Å². The van der Waals surface area contributed by atoms with E-state index in [4.69, 9.17) is 4.74 Å². The normalized spacial score (nSPS) is 10.8. The van der Waals surface area contributed by atoms with Crippen LogP contribution in [0.25, 0.3) is 0 Å². The highest BCUT2D eigenvalue weighted by atomic mass is 16.5. The molecule has 0 aliphatic heterocycles. The summed E-state index contributed by atoms with van der Waals surface area (Å²) >= 11 is 0. The first-order valence-electron chi connectivity index (χ1n) is 5.41. The van der Waals surface area contributed by atoms with Crippen molar-refractivity contribution < 1.29 is 4.74 Å². The molecule has 0 fully saturated rings. The Morgan fingerprint density at radius 3 is 2.47 bits per heavy atom. The highest BCUT2D eigenvalue weighted by Crippen LogP contribution is 2.25. The fourth-order valence-electron chi connectivity index (χ4n) is 1.85. The summed E-state index contributed by atoms with van der Waals surface area (Å²) in [5, 5.41) is 0. The van der Waals surface area contributed by atoms with Crippen LogP contribution in [0.2, 0.25) is 0 Å². The highest BCUT2D eigenvalue weighted by molar-refractivity contribution is 5.43.